The number of carboxylic acid groups (broad SMARTS) is 1. The molecule has 148 valence electrons. The maximum absolute atomic E-state index is 13.1. The van der Waals surface area contributed by atoms with Gasteiger partial charge in [-0.1, -0.05) is 60.7 Å². The fraction of sp³-hybridized carbons (Fsp3) is 0.227. The highest BCUT2D eigenvalue weighted by molar-refractivity contribution is 5.87. The second kappa shape index (κ2) is 7.79. The van der Waals surface area contributed by atoms with Gasteiger partial charge < -0.3 is 15.3 Å². The molecule has 1 aliphatic heterocycles. The molecule has 2 N–H and O–H groups in total. The summed E-state index contributed by atoms with van der Waals surface area (Å²) in [5.74, 6) is -1.03. The van der Waals surface area contributed by atoms with Crippen molar-refractivity contribution >= 4 is 12.0 Å². The Hall–Kier alpha value is -3.61. The predicted molar refractivity (Wildman–Crippen MR) is 108 cm³/mol. The second-order valence-corrected chi connectivity index (χ2v) is 7.08. The van der Waals surface area contributed by atoms with E-state index in [1.165, 1.54) is 0 Å². The van der Waals surface area contributed by atoms with E-state index in [-0.39, 0.29) is 17.8 Å². The summed E-state index contributed by atoms with van der Waals surface area (Å²) in [6.07, 6.45) is 0.472. The van der Waals surface area contributed by atoms with Gasteiger partial charge in [-0.25, -0.2) is 9.59 Å². The van der Waals surface area contributed by atoms with Crippen molar-refractivity contribution in [2.75, 3.05) is 6.54 Å². The van der Waals surface area contributed by atoms with Crippen LogP contribution in [0.1, 0.15) is 38.9 Å². The summed E-state index contributed by atoms with van der Waals surface area (Å²) in [5, 5.41) is 16.6. The van der Waals surface area contributed by atoms with Crippen molar-refractivity contribution in [3.63, 3.8) is 0 Å². The Balaban J connectivity index is 1.57. The van der Waals surface area contributed by atoms with Gasteiger partial charge in [0.15, 0.2) is 5.69 Å². The van der Waals surface area contributed by atoms with E-state index in [4.69, 9.17) is 0 Å². The van der Waals surface area contributed by atoms with Gasteiger partial charge in [0.2, 0.25) is 0 Å². The molecule has 0 aliphatic carbocycles. The summed E-state index contributed by atoms with van der Waals surface area (Å²) in [6, 6.07) is 19.2. The molecule has 2 aromatic carbocycles. The van der Waals surface area contributed by atoms with Crippen molar-refractivity contribution in [1.82, 2.24) is 20.0 Å². The summed E-state index contributed by atoms with van der Waals surface area (Å²) >= 11 is 0. The van der Waals surface area contributed by atoms with E-state index >= 15 is 0 Å². The number of urea groups is 1. The predicted octanol–water partition coefficient (Wildman–Crippen LogP) is 2.98. The van der Waals surface area contributed by atoms with Gasteiger partial charge in [-0.2, -0.15) is 5.10 Å². The van der Waals surface area contributed by atoms with Gasteiger partial charge in [0, 0.05) is 19.2 Å². The Morgan fingerprint density at radius 1 is 1.03 bits per heavy atom. The minimum Gasteiger partial charge on any atom is -0.476 e. The van der Waals surface area contributed by atoms with Gasteiger partial charge in [0.1, 0.15) is 0 Å². The Bertz CT molecular complexity index is 991. The molecule has 7 nitrogen and oxygen atoms in total. The van der Waals surface area contributed by atoms with Gasteiger partial charge >= 0.3 is 12.0 Å². The maximum atomic E-state index is 13.1. The third kappa shape index (κ3) is 3.71. The van der Waals surface area contributed by atoms with E-state index < -0.39 is 5.97 Å². The van der Waals surface area contributed by atoms with Crippen LogP contribution in [0.4, 0.5) is 4.79 Å². The Labute approximate surface area is 168 Å². The summed E-state index contributed by atoms with van der Waals surface area (Å²) in [5.41, 5.74) is 3.55. The van der Waals surface area contributed by atoms with Crippen LogP contribution < -0.4 is 5.32 Å². The lowest BCUT2D eigenvalue weighted by Gasteiger charge is -2.30. The van der Waals surface area contributed by atoms with E-state index in [2.05, 4.69) is 10.4 Å². The lowest BCUT2D eigenvalue weighted by Crippen LogP contribution is -2.44. The van der Waals surface area contributed by atoms with E-state index in [0.717, 1.165) is 16.8 Å². The minimum atomic E-state index is -1.03. The van der Waals surface area contributed by atoms with Crippen LogP contribution in [0.5, 0.6) is 0 Å². The smallest absolute Gasteiger partial charge is 0.356 e. The molecular weight excluding hydrogens is 368 g/mol. The summed E-state index contributed by atoms with van der Waals surface area (Å²) in [6.45, 7) is 0.773. The zero-order chi connectivity index (χ0) is 20.4. The standard InChI is InChI=1S/C22H22N4O3/c1-25-18-14-26(13-12-17(18)20(24-25)21(27)28)22(29)23-19(15-8-4-2-5-9-15)16-10-6-3-7-11-16/h2-11,19H,12-14H2,1H3,(H,23,29)(H,27,28). The summed E-state index contributed by atoms with van der Waals surface area (Å²) < 4.78 is 1.56. The Morgan fingerprint density at radius 2 is 1.62 bits per heavy atom. The monoisotopic (exact) mass is 390 g/mol. The van der Waals surface area contributed by atoms with Crippen LogP contribution in [-0.2, 0) is 20.0 Å². The molecule has 2 amide bonds. The first kappa shape index (κ1) is 18.7. The lowest BCUT2D eigenvalue weighted by atomic mass is 9.99. The maximum Gasteiger partial charge on any atom is 0.356 e. The number of nitrogens with zero attached hydrogens (tertiary/aromatic N) is 3. The number of fused-ring (bicyclic) bond motifs is 1. The van der Waals surface area contributed by atoms with Gasteiger partial charge in [-0.15, -0.1) is 0 Å². The second-order valence-electron chi connectivity index (χ2n) is 7.08. The number of hydrogen-bond donors (Lipinski definition) is 2. The lowest BCUT2D eigenvalue weighted by molar-refractivity contribution is 0.0688. The first-order chi connectivity index (χ1) is 14.0. The first-order valence-electron chi connectivity index (χ1n) is 9.48. The fourth-order valence-corrected chi connectivity index (χ4v) is 3.78. The van der Waals surface area contributed by atoms with E-state index in [0.29, 0.717) is 25.1 Å². The molecule has 0 unspecified atom stereocenters. The molecule has 0 saturated carbocycles. The highest BCUT2D eigenvalue weighted by Crippen LogP contribution is 2.25. The normalized spacial score (nSPS) is 13.2. The number of carboxylic acids is 1. The molecule has 0 radical (unpaired) electrons. The number of amides is 2. The minimum absolute atomic E-state index is 0.0778. The quantitative estimate of drug-likeness (QED) is 0.717. The zero-order valence-corrected chi connectivity index (χ0v) is 16.1. The molecule has 0 fully saturated rings. The number of aromatic nitrogens is 2. The van der Waals surface area contributed by atoms with Gasteiger partial charge in [-0.05, 0) is 17.5 Å². The average Bonchev–Trinajstić information content (AvgIpc) is 3.09. The van der Waals surface area contributed by atoms with Gasteiger partial charge in [0.05, 0.1) is 18.3 Å². The molecule has 0 saturated heterocycles. The van der Waals surface area contributed by atoms with E-state index in [9.17, 15) is 14.7 Å². The number of carbonyl (C=O) groups excluding carboxylic acids is 1. The van der Waals surface area contributed by atoms with Crippen LogP contribution in [0.25, 0.3) is 0 Å². The van der Waals surface area contributed by atoms with Crippen LogP contribution in [-0.4, -0.2) is 38.3 Å². The van der Waals surface area contributed by atoms with Crippen molar-refractivity contribution < 1.29 is 14.7 Å². The van der Waals surface area contributed by atoms with Gasteiger partial charge in [0.25, 0.3) is 0 Å². The molecule has 1 aromatic heterocycles. The number of carbonyl (C=O) groups is 2. The molecular formula is C22H22N4O3. The molecule has 3 aromatic rings. The van der Waals surface area contributed by atoms with Crippen LogP contribution in [0.15, 0.2) is 60.7 Å². The molecule has 0 spiro atoms. The molecule has 29 heavy (non-hydrogen) atoms. The third-order valence-corrected chi connectivity index (χ3v) is 5.27. The van der Waals surface area contributed by atoms with Gasteiger partial charge in [-0.3, -0.25) is 4.68 Å². The van der Waals surface area contributed by atoms with E-state index in [1.54, 1.807) is 16.6 Å². The number of aryl methyl sites for hydroxylation is 1. The van der Waals surface area contributed by atoms with E-state index in [1.807, 2.05) is 60.7 Å². The molecule has 0 bridgehead atoms. The van der Waals surface area contributed by atoms with Crippen molar-refractivity contribution in [2.24, 2.45) is 7.05 Å². The largest absolute Gasteiger partial charge is 0.476 e. The van der Waals surface area contributed by atoms with Crippen molar-refractivity contribution in [2.45, 2.75) is 19.0 Å². The fourth-order valence-electron chi connectivity index (χ4n) is 3.78. The summed E-state index contributed by atoms with van der Waals surface area (Å²) in [7, 11) is 1.71. The molecule has 2 heterocycles. The van der Waals surface area contributed by atoms with Crippen LogP contribution in [0.3, 0.4) is 0 Å². The molecule has 1 aliphatic rings. The number of aromatic carboxylic acids is 1. The first-order valence-corrected chi connectivity index (χ1v) is 9.48. The topological polar surface area (TPSA) is 87.5 Å². The Kier molecular flexibility index (Phi) is 5.03. The average molecular weight is 390 g/mol. The highest BCUT2D eigenvalue weighted by Gasteiger charge is 2.30. The number of nitrogens with one attached hydrogen (secondary N) is 1. The van der Waals surface area contributed by atoms with Crippen molar-refractivity contribution in [3.8, 4) is 0 Å². The number of rotatable bonds is 4. The van der Waals surface area contributed by atoms with Crippen LogP contribution >= 0.6 is 0 Å². The zero-order valence-electron chi connectivity index (χ0n) is 16.1. The molecule has 4 rings (SSSR count). The van der Waals surface area contributed by atoms with Crippen LogP contribution in [0.2, 0.25) is 0 Å². The molecule has 7 heteroatoms. The van der Waals surface area contributed by atoms with Crippen LogP contribution in [0, 0.1) is 0 Å². The SMILES string of the molecule is Cn1nc(C(=O)O)c2c1CN(C(=O)NC(c1ccccc1)c1ccccc1)CC2. The molecule has 0 atom stereocenters. The number of benzene rings is 2. The van der Waals surface area contributed by atoms with Crippen molar-refractivity contribution in [3.05, 3.63) is 88.7 Å². The summed E-state index contributed by atoms with van der Waals surface area (Å²) in [4.78, 5) is 26.2. The Morgan fingerprint density at radius 3 is 2.17 bits per heavy atom. The van der Waals surface area contributed by atoms with Crippen molar-refractivity contribution in [1.29, 1.82) is 0 Å². The highest BCUT2D eigenvalue weighted by atomic mass is 16.4. The number of hydrogen-bond acceptors (Lipinski definition) is 3. The third-order valence-electron chi connectivity index (χ3n) is 5.27.